The van der Waals surface area contributed by atoms with Crippen LogP contribution in [0.1, 0.15) is 30.6 Å². The molecular weight excluding hydrogens is 234 g/mol. The second kappa shape index (κ2) is 4.95. The van der Waals surface area contributed by atoms with E-state index < -0.39 is 17.4 Å². The second-order valence-corrected chi connectivity index (χ2v) is 4.29. The molecule has 0 saturated heterocycles. The molecule has 18 heavy (non-hydrogen) atoms. The van der Waals surface area contributed by atoms with Crippen molar-refractivity contribution in [1.29, 1.82) is 0 Å². The number of primary amides is 1. The number of carboxylic acids is 1. The minimum absolute atomic E-state index is 0.0101. The lowest BCUT2D eigenvalue weighted by molar-refractivity contribution is -0.121. The minimum atomic E-state index is -1.12. The quantitative estimate of drug-likeness (QED) is 0.583. The molecule has 6 heteroatoms. The van der Waals surface area contributed by atoms with Crippen molar-refractivity contribution in [1.82, 2.24) is 0 Å². The van der Waals surface area contributed by atoms with Crippen molar-refractivity contribution in [2.45, 2.75) is 25.8 Å². The Kier molecular flexibility index (Phi) is 3.80. The molecule has 0 saturated carbocycles. The van der Waals surface area contributed by atoms with Gasteiger partial charge in [0.25, 0.3) is 0 Å². The van der Waals surface area contributed by atoms with Crippen LogP contribution in [-0.4, -0.2) is 22.5 Å². The summed E-state index contributed by atoms with van der Waals surface area (Å²) in [6.07, 6.45) is 0.436. The maximum absolute atomic E-state index is 11.4. The van der Waals surface area contributed by atoms with E-state index in [1.54, 1.807) is 19.9 Å². The van der Waals surface area contributed by atoms with E-state index in [0.29, 0.717) is 17.8 Å². The number of carboxylic acid groups (broad SMARTS) is 1. The van der Waals surface area contributed by atoms with Gasteiger partial charge in [0.05, 0.1) is 5.56 Å². The zero-order valence-electron chi connectivity index (χ0n) is 10.4. The van der Waals surface area contributed by atoms with Crippen molar-refractivity contribution in [2.24, 2.45) is 5.73 Å². The molecule has 1 aromatic carbocycles. The molecule has 1 aromatic rings. The first-order valence-electron chi connectivity index (χ1n) is 5.51. The molecule has 1 unspecified atom stereocenters. The summed E-state index contributed by atoms with van der Waals surface area (Å²) in [6, 6.07) is 4.42. The Bertz CT molecular complexity index is 487. The van der Waals surface area contributed by atoms with Gasteiger partial charge in [0.1, 0.15) is 5.54 Å². The second-order valence-electron chi connectivity index (χ2n) is 4.29. The smallest absolute Gasteiger partial charge is 0.337 e. The Balaban J connectivity index is 3.18. The summed E-state index contributed by atoms with van der Waals surface area (Å²) < 4.78 is 0. The van der Waals surface area contributed by atoms with Gasteiger partial charge in [-0.2, -0.15) is 0 Å². The highest BCUT2D eigenvalue weighted by Crippen LogP contribution is 2.24. The summed E-state index contributed by atoms with van der Waals surface area (Å²) in [4.78, 5) is 22.5. The first kappa shape index (κ1) is 13.8. The fourth-order valence-electron chi connectivity index (χ4n) is 1.47. The van der Waals surface area contributed by atoms with E-state index in [1.165, 1.54) is 12.1 Å². The molecule has 0 fully saturated rings. The summed E-state index contributed by atoms with van der Waals surface area (Å²) in [5, 5.41) is 12.0. The summed E-state index contributed by atoms with van der Waals surface area (Å²) in [7, 11) is 0. The van der Waals surface area contributed by atoms with Crippen LogP contribution in [0.25, 0.3) is 0 Å². The van der Waals surface area contributed by atoms with E-state index in [1.807, 2.05) is 0 Å². The van der Waals surface area contributed by atoms with E-state index >= 15 is 0 Å². The number of nitrogens with one attached hydrogen (secondary N) is 1. The van der Waals surface area contributed by atoms with Crippen molar-refractivity contribution >= 4 is 23.3 Å². The molecule has 0 spiro atoms. The average Bonchev–Trinajstić information content (AvgIpc) is 2.30. The summed E-state index contributed by atoms with van der Waals surface area (Å²) >= 11 is 0. The number of carbonyl (C=O) groups excluding carboxylic acids is 1. The van der Waals surface area contributed by atoms with Crippen molar-refractivity contribution in [3.05, 3.63) is 23.8 Å². The third kappa shape index (κ3) is 2.71. The van der Waals surface area contributed by atoms with E-state index in [9.17, 15) is 9.59 Å². The van der Waals surface area contributed by atoms with Crippen LogP contribution in [0.3, 0.4) is 0 Å². The lowest BCUT2D eigenvalue weighted by atomic mass is 9.96. The fraction of sp³-hybridized carbons (Fsp3) is 0.333. The fourth-order valence-corrected chi connectivity index (χ4v) is 1.47. The topological polar surface area (TPSA) is 118 Å². The van der Waals surface area contributed by atoms with Gasteiger partial charge < -0.3 is 21.9 Å². The largest absolute Gasteiger partial charge is 0.478 e. The van der Waals surface area contributed by atoms with Crippen LogP contribution in [0.15, 0.2) is 18.2 Å². The number of nitrogen functional groups attached to an aromatic ring is 1. The Hall–Kier alpha value is -2.24. The highest BCUT2D eigenvalue weighted by molar-refractivity contribution is 5.97. The Morgan fingerprint density at radius 2 is 2.06 bits per heavy atom. The van der Waals surface area contributed by atoms with Crippen LogP contribution in [0.2, 0.25) is 0 Å². The molecule has 6 N–H and O–H groups in total. The number of carbonyl (C=O) groups is 2. The van der Waals surface area contributed by atoms with Crippen LogP contribution >= 0.6 is 0 Å². The van der Waals surface area contributed by atoms with Gasteiger partial charge in [0.2, 0.25) is 5.91 Å². The van der Waals surface area contributed by atoms with E-state index in [4.69, 9.17) is 16.6 Å². The molecule has 1 atom stereocenters. The highest BCUT2D eigenvalue weighted by Gasteiger charge is 2.30. The molecule has 0 bridgehead atoms. The number of aromatic carboxylic acids is 1. The molecule has 6 nitrogen and oxygen atoms in total. The first-order valence-corrected chi connectivity index (χ1v) is 5.51. The number of rotatable bonds is 5. The predicted molar refractivity (Wildman–Crippen MR) is 69.3 cm³/mol. The maximum atomic E-state index is 11.4. The van der Waals surface area contributed by atoms with Crippen molar-refractivity contribution in [3.63, 3.8) is 0 Å². The van der Waals surface area contributed by atoms with Gasteiger partial charge in [-0.1, -0.05) is 6.92 Å². The Labute approximate surface area is 105 Å². The summed E-state index contributed by atoms with van der Waals surface area (Å²) in [5.41, 5.74) is 10.5. The summed E-state index contributed by atoms with van der Waals surface area (Å²) in [5.74, 6) is -1.66. The summed E-state index contributed by atoms with van der Waals surface area (Å²) in [6.45, 7) is 3.41. The third-order valence-corrected chi connectivity index (χ3v) is 2.94. The molecule has 0 aromatic heterocycles. The number of hydrogen-bond acceptors (Lipinski definition) is 4. The molecule has 0 heterocycles. The third-order valence-electron chi connectivity index (χ3n) is 2.94. The first-order chi connectivity index (χ1) is 8.30. The maximum Gasteiger partial charge on any atom is 0.337 e. The van der Waals surface area contributed by atoms with Crippen molar-refractivity contribution in [3.8, 4) is 0 Å². The highest BCUT2D eigenvalue weighted by atomic mass is 16.4. The zero-order valence-corrected chi connectivity index (χ0v) is 10.4. The van der Waals surface area contributed by atoms with Crippen LogP contribution in [0, 0.1) is 0 Å². The van der Waals surface area contributed by atoms with Crippen LogP contribution < -0.4 is 16.8 Å². The molecule has 1 amide bonds. The minimum Gasteiger partial charge on any atom is -0.478 e. The van der Waals surface area contributed by atoms with Crippen molar-refractivity contribution in [2.75, 3.05) is 11.1 Å². The number of nitrogens with two attached hydrogens (primary N) is 2. The molecular formula is C12H17N3O3. The monoisotopic (exact) mass is 251 g/mol. The standard InChI is InChI=1S/C12H17N3O3/c1-3-12(2,11(14)18)15-9-5-4-7(13)6-8(9)10(16)17/h4-6,15H,3,13H2,1-2H3,(H2,14,18)(H,16,17). The number of amides is 1. The Morgan fingerprint density at radius 1 is 1.44 bits per heavy atom. The van der Waals surface area contributed by atoms with E-state index in [2.05, 4.69) is 5.32 Å². The SMILES string of the molecule is CCC(C)(Nc1ccc(N)cc1C(=O)O)C(N)=O. The van der Waals surface area contributed by atoms with Gasteiger partial charge >= 0.3 is 5.97 Å². The van der Waals surface area contributed by atoms with Crippen LogP contribution in [0.4, 0.5) is 11.4 Å². The molecule has 0 radical (unpaired) electrons. The van der Waals surface area contributed by atoms with E-state index in [-0.39, 0.29) is 5.56 Å². The average molecular weight is 251 g/mol. The molecule has 1 rings (SSSR count). The number of anilines is 2. The lowest BCUT2D eigenvalue weighted by Crippen LogP contribution is -2.47. The number of benzene rings is 1. The van der Waals surface area contributed by atoms with Crippen molar-refractivity contribution < 1.29 is 14.7 Å². The van der Waals surface area contributed by atoms with Gasteiger partial charge in [-0.05, 0) is 31.5 Å². The van der Waals surface area contributed by atoms with Gasteiger partial charge in [-0.25, -0.2) is 4.79 Å². The predicted octanol–water partition coefficient (Wildman–Crippen LogP) is 1.03. The molecule has 0 aliphatic carbocycles. The Morgan fingerprint density at radius 3 is 2.50 bits per heavy atom. The molecule has 0 aliphatic heterocycles. The van der Waals surface area contributed by atoms with Crippen LogP contribution in [0.5, 0.6) is 0 Å². The van der Waals surface area contributed by atoms with Gasteiger partial charge in [-0.15, -0.1) is 0 Å². The van der Waals surface area contributed by atoms with Crippen LogP contribution in [-0.2, 0) is 4.79 Å². The van der Waals surface area contributed by atoms with Gasteiger partial charge in [-0.3, -0.25) is 4.79 Å². The van der Waals surface area contributed by atoms with E-state index in [0.717, 1.165) is 0 Å². The van der Waals surface area contributed by atoms with Gasteiger partial charge in [0.15, 0.2) is 0 Å². The zero-order chi connectivity index (χ0) is 13.9. The number of hydrogen-bond donors (Lipinski definition) is 4. The van der Waals surface area contributed by atoms with Gasteiger partial charge in [0, 0.05) is 11.4 Å². The molecule has 98 valence electrons. The molecule has 0 aliphatic rings. The lowest BCUT2D eigenvalue weighted by Gasteiger charge is -2.28. The normalized spacial score (nSPS) is 13.7.